The van der Waals surface area contributed by atoms with Gasteiger partial charge in [0.15, 0.2) is 0 Å². The molecule has 2 N–H and O–H groups in total. The fourth-order valence-electron chi connectivity index (χ4n) is 6.30. The van der Waals surface area contributed by atoms with Crippen LogP contribution in [0.2, 0.25) is 0 Å². The minimum atomic E-state index is -0.704. The molecular weight excluding hydrogens is 492 g/mol. The minimum Gasteiger partial charge on any atom is -0.481 e. The topological polar surface area (TPSA) is 106 Å². The lowest BCUT2D eigenvalue weighted by molar-refractivity contribution is -0.155. The highest BCUT2D eigenvalue weighted by Gasteiger charge is 2.55. The number of carboxylic acids is 1. The lowest BCUT2D eigenvalue weighted by Gasteiger charge is -2.56. The van der Waals surface area contributed by atoms with Crippen LogP contribution in [-0.2, 0) is 4.79 Å². The maximum atomic E-state index is 13.4. The van der Waals surface area contributed by atoms with Crippen LogP contribution in [0.4, 0.5) is 0 Å². The molecule has 2 saturated carbocycles. The second kappa shape index (κ2) is 9.84. The minimum absolute atomic E-state index is 0.0821. The highest BCUT2D eigenvalue weighted by atomic mass is 16.5. The van der Waals surface area contributed by atoms with Crippen molar-refractivity contribution in [1.29, 1.82) is 0 Å². The van der Waals surface area contributed by atoms with E-state index in [1.165, 1.54) is 0 Å². The Kier molecular flexibility index (Phi) is 6.33. The summed E-state index contributed by atoms with van der Waals surface area (Å²) in [5, 5.41) is 17.9. The number of hydrogen-bond acceptors (Lipinski definition) is 5. The van der Waals surface area contributed by atoms with Gasteiger partial charge in [0.05, 0.1) is 41.5 Å². The summed E-state index contributed by atoms with van der Waals surface area (Å²) >= 11 is 0. The molecule has 2 aliphatic rings. The Hall–Kier alpha value is -4.20. The number of fused-ring (bicyclic) bond motifs is 1. The molecule has 8 heteroatoms. The average Bonchev–Trinajstić information content (AvgIpc) is 3.33. The number of amides is 1. The van der Waals surface area contributed by atoms with Gasteiger partial charge in [0.1, 0.15) is 0 Å². The fraction of sp³-hybridized carbons (Fsp3) is 0.355. The number of benzene rings is 2. The lowest BCUT2D eigenvalue weighted by Crippen LogP contribution is -2.57. The summed E-state index contributed by atoms with van der Waals surface area (Å²) in [6.07, 6.45) is 4.95. The molecule has 8 nitrogen and oxygen atoms in total. The number of carbonyl (C=O) groups excluding carboxylic acids is 1. The molecular formula is C31H32N4O4. The van der Waals surface area contributed by atoms with Crippen LogP contribution in [0.5, 0.6) is 5.88 Å². The van der Waals surface area contributed by atoms with Crippen molar-refractivity contribution in [2.75, 3.05) is 6.61 Å². The van der Waals surface area contributed by atoms with Gasteiger partial charge in [0.2, 0.25) is 5.88 Å². The van der Waals surface area contributed by atoms with Gasteiger partial charge in [-0.25, -0.2) is 4.98 Å². The highest BCUT2D eigenvalue weighted by Crippen LogP contribution is 2.58. The monoisotopic (exact) mass is 524 g/mol. The number of ether oxygens (including phenoxy) is 1. The summed E-state index contributed by atoms with van der Waals surface area (Å²) in [5.74, 6) is -0.435. The van der Waals surface area contributed by atoms with Crippen molar-refractivity contribution in [2.45, 2.75) is 51.6 Å². The summed E-state index contributed by atoms with van der Waals surface area (Å²) < 4.78 is 7.46. The third kappa shape index (κ3) is 4.64. The van der Waals surface area contributed by atoms with Crippen molar-refractivity contribution in [3.8, 4) is 17.1 Å². The molecule has 0 bridgehead atoms. The third-order valence-electron chi connectivity index (χ3n) is 8.34. The number of aromatic nitrogens is 3. The van der Waals surface area contributed by atoms with E-state index < -0.39 is 5.97 Å². The molecule has 0 unspecified atom stereocenters. The standard InChI is InChI=1S/C31H32N4O4/c1-3-39-27-9-5-8-26(34-27)21-12-10-20(11-13-21)19(2)35-28-22(18-32-35)6-4-7-25(28)29(36)33-24-16-31(17-24)14-23(15-31)30(37)38/h4-13,18-19,23-24H,3,14-17H2,1-2H3,(H,33,36)(H,37,38)/t19-,23?,24?,31?/m1/s1. The second-order valence-corrected chi connectivity index (χ2v) is 10.9. The molecule has 1 amide bonds. The number of hydrogen-bond donors (Lipinski definition) is 2. The SMILES string of the molecule is CCOc1cccc(-c2ccc([C@@H](C)n3ncc4cccc(C(=O)NC5CC6(C5)CC(C(=O)O)C6)c43)cc2)n1. The highest BCUT2D eigenvalue weighted by molar-refractivity contribution is 6.05. The van der Waals surface area contributed by atoms with E-state index in [2.05, 4.69) is 34.5 Å². The van der Waals surface area contributed by atoms with Crippen molar-refractivity contribution in [3.05, 3.63) is 78.0 Å². The van der Waals surface area contributed by atoms with Crippen LogP contribution in [-0.4, -0.2) is 44.4 Å². The van der Waals surface area contributed by atoms with E-state index in [1.807, 2.05) is 60.1 Å². The van der Waals surface area contributed by atoms with Crippen LogP contribution in [0.25, 0.3) is 22.2 Å². The van der Waals surface area contributed by atoms with Gasteiger partial charge in [0.25, 0.3) is 5.91 Å². The van der Waals surface area contributed by atoms with Crippen LogP contribution in [0.15, 0.2) is 66.9 Å². The summed E-state index contributed by atoms with van der Waals surface area (Å²) in [4.78, 5) is 29.1. The number of nitrogens with one attached hydrogen (secondary N) is 1. The van der Waals surface area contributed by atoms with Gasteiger partial charge in [-0.05, 0) is 62.6 Å². The first-order valence-corrected chi connectivity index (χ1v) is 13.6. The molecule has 39 heavy (non-hydrogen) atoms. The Bertz CT molecular complexity index is 1530. The third-order valence-corrected chi connectivity index (χ3v) is 8.34. The predicted molar refractivity (Wildman–Crippen MR) is 148 cm³/mol. The maximum Gasteiger partial charge on any atom is 0.306 e. The van der Waals surface area contributed by atoms with E-state index in [9.17, 15) is 14.7 Å². The zero-order valence-corrected chi connectivity index (χ0v) is 22.1. The van der Waals surface area contributed by atoms with E-state index in [0.29, 0.717) is 18.1 Å². The predicted octanol–water partition coefficient (Wildman–Crippen LogP) is 5.48. The molecule has 200 valence electrons. The summed E-state index contributed by atoms with van der Waals surface area (Å²) in [7, 11) is 0. The van der Waals surface area contributed by atoms with E-state index in [1.54, 1.807) is 6.20 Å². The smallest absolute Gasteiger partial charge is 0.306 e. The number of carboxylic acid groups (broad SMARTS) is 1. The number of aliphatic carboxylic acids is 1. The van der Waals surface area contributed by atoms with E-state index in [-0.39, 0.29) is 29.3 Å². The Balaban J connectivity index is 1.19. The average molecular weight is 525 g/mol. The zero-order valence-electron chi connectivity index (χ0n) is 22.1. The molecule has 2 aromatic heterocycles. The first-order chi connectivity index (χ1) is 18.9. The molecule has 1 spiro atoms. The van der Waals surface area contributed by atoms with Gasteiger partial charge < -0.3 is 15.2 Å². The molecule has 2 heterocycles. The van der Waals surface area contributed by atoms with Crippen molar-refractivity contribution in [3.63, 3.8) is 0 Å². The molecule has 2 aliphatic carbocycles. The van der Waals surface area contributed by atoms with Crippen LogP contribution >= 0.6 is 0 Å². The number of rotatable bonds is 8. The molecule has 0 radical (unpaired) electrons. The van der Waals surface area contributed by atoms with Crippen molar-refractivity contribution in [1.82, 2.24) is 20.1 Å². The summed E-state index contributed by atoms with van der Waals surface area (Å²) in [5.41, 5.74) is 4.43. The van der Waals surface area contributed by atoms with Gasteiger partial charge in [-0.1, -0.05) is 42.5 Å². The maximum absolute atomic E-state index is 13.4. The molecule has 2 aromatic carbocycles. The van der Waals surface area contributed by atoms with Crippen LogP contribution < -0.4 is 10.1 Å². The molecule has 0 aliphatic heterocycles. The van der Waals surface area contributed by atoms with Crippen LogP contribution in [0.1, 0.15) is 61.5 Å². The van der Waals surface area contributed by atoms with E-state index in [0.717, 1.165) is 53.4 Å². The largest absolute Gasteiger partial charge is 0.481 e. The number of carbonyl (C=O) groups is 2. The van der Waals surface area contributed by atoms with Gasteiger partial charge in [-0.3, -0.25) is 14.3 Å². The number of nitrogens with zero attached hydrogens (tertiary/aromatic N) is 3. The molecule has 2 fully saturated rings. The second-order valence-electron chi connectivity index (χ2n) is 10.9. The fourth-order valence-corrected chi connectivity index (χ4v) is 6.30. The Morgan fingerprint density at radius 1 is 1.08 bits per heavy atom. The number of pyridine rings is 1. The van der Waals surface area contributed by atoms with Crippen molar-refractivity contribution in [2.24, 2.45) is 11.3 Å². The van der Waals surface area contributed by atoms with Gasteiger partial charge in [-0.2, -0.15) is 5.10 Å². The lowest BCUT2D eigenvalue weighted by atomic mass is 9.50. The summed E-state index contributed by atoms with van der Waals surface area (Å²) in [6.45, 7) is 4.59. The van der Waals surface area contributed by atoms with Gasteiger partial charge in [-0.15, -0.1) is 0 Å². The summed E-state index contributed by atoms with van der Waals surface area (Å²) in [6, 6.07) is 19.7. The first-order valence-electron chi connectivity index (χ1n) is 13.6. The number of para-hydroxylation sites is 1. The zero-order chi connectivity index (χ0) is 27.1. The normalized spacial score (nSPS) is 22.6. The Labute approximate surface area is 227 Å². The van der Waals surface area contributed by atoms with E-state index in [4.69, 9.17) is 4.74 Å². The molecule has 4 aromatic rings. The molecule has 1 atom stereocenters. The Morgan fingerprint density at radius 2 is 1.82 bits per heavy atom. The van der Waals surface area contributed by atoms with Gasteiger partial charge in [0, 0.05) is 23.1 Å². The van der Waals surface area contributed by atoms with Crippen LogP contribution in [0.3, 0.4) is 0 Å². The first kappa shape index (κ1) is 25.1. The molecule has 0 saturated heterocycles. The Morgan fingerprint density at radius 3 is 2.54 bits per heavy atom. The van der Waals surface area contributed by atoms with Crippen molar-refractivity contribution < 1.29 is 19.4 Å². The quantitative estimate of drug-likeness (QED) is 0.316. The van der Waals surface area contributed by atoms with Crippen molar-refractivity contribution >= 4 is 22.8 Å². The van der Waals surface area contributed by atoms with Crippen LogP contribution in [0, 0.1) is 11.3 Å². The molecule has 6 rings (SSSR count). The van der Waals surface area contributed by atoms with E-state index >= 15 is 0 Å². The van der Waals surface area contributed by atoms with Gasteiger partial charge >= 0.3 is 5.97 Å².